The van der Waals surface area contributed by atoms with Crippen molar-refractivity contribution in [3.63, 3.8) is 0 Å². The van der Waals surface area contributed by atoms with E-state index in [1.165, 1.54) is 0 Å². The molecule has 21 heavy (non-hydrogen) atoms. The maximum absolute atomic E-state index is 6.17. The molecule has 1 heterocycles. The molecule has 3 aromatic rings. The molecule has 106 valence electrons. The molecule has 2 N–H and O–H groups in total. The second-order valence-corrected chi connectivity index (χ2v) is 5.35. The lowest BCUT2D eigenvalue weighted by atomic mass is 10.1. The van der Waals surface area contributed by atoms with Crippen LogP contribution in [0.4, 0.5) is 0 Å². The maximum atomic E-state index is 6.17. The third kappa shape index (κ3) is 2.81. The molecule has 0 fully saturated rings. The number of pyridine rings is 1. The van der Waals surface area contributed by atoms with Gasteiger partial charge in [0.25, 0.3) is 0 Å². The Morgan fingerprint density at radius 2 is 1.90 bits per heavy atom. The number of benzene rings is 2. The third-order valence-electron chi connectivity index (χ3n) is 3.13. The highest BCUT2D eigenvalue weighted by molar-refractivity contribution is 6.35. The molecule has 0 saturated heterocycles. The van der Waals surface area contributed by atoms with Gasteiger partial charge in [0.15, 0.2) is 0 Å². The Hall–Kier alpha value is -1.81. The van der Waals surface area contributed by atoms with Gasteiger partial charge in [-0.3, -0.25) is 4.98 Å². The van der Waals surface area contributed by atoms with Gasteiger partial charge in [-0.2, -0.15) is 0 Å². The normalized spacial score (nSPS) is 10.8. The predicted octanol–water partition coefficient (Wildman–Crippen LogP) is 4.79. The summed E-state index contributed by atoms with van der Waals surface area (Å²) in [5.74, 6) is 1.21. The molecule has 2 aromatic carbocycles. The average Bonchev–Trinajstić information content (AvgIpc) is 2.50. The zero-order chi connectivity index (χ0) is 14.8. The molecular formula is C16H12Cl2N2O. The van der Waals surface area contributed by atoms with Gasteiger partial charge >= 0.3 is 0 Å². The number of halogens is 2. The monoisotopic (exact) mass is 318 g/mol. The Balaban J connectivity index is 2.14. The van der Waals surface area contributed by atoms with Crippen LogP contribution in [0.5, 0.6) is 11.5 Å². The highest BCUT2D eigenvalue weighted by atomic mass is 35.5. The van der Waals surface area contributed by atoms with Crippen LogP contribution < -0.4 is 10.5 Å². The van der Waals surface area contributed by atoms with E-state index in [1.807, 2.05) is 24.3 Å². The van der Waals surface area contributed by atoms with Gasteiger partial charge in [-0.1, -0.05) is 35.3 Å². The van der Waals surface area contributed by atoms with Crippen LogP contribution in [0.25, 0.3) is 10.9 Å². The molecule has 0 unspecified atom stereocenters. The van der Waals surface area contributed by atoms with Gasteiger partial charge in [-0.15, -0.1) is 0 Å². The molecule has 0 atom stereocenters. The first-order valence-corrected chi connectivity index (χ1v) is 7.14. The lowest BCUT2D eigenvalue weighted by molar-refractivity contribution is 0.482. The van der Waals surface area contributed by atoms with Crippen LogP contribution in [0.2, 0.25) is 10.0 Å². The lowest BCUT2D eigenvalue weighted by Crippen LogP contribution is -2.01. The zero-order valence-corrected chi connectivity index (χ0v) is 12.5. The zero-order valence-electron chi connectivity index (χ0n) is 11.0. The Labute approximate surface area is 132 Å². The number of hydrogen-bond acceptors (Lipinski definition) is 3. The van der Waals surface area contributed by atoms with E-state index in [9.17, 15) is 0 Å². The summed E-state index contributed by atoms with van der Waals surface area (Å²) in [5, 5.41) is 1.91. The summed E-state index contributed by atoms with van der Waals surface area (Å²) in [7, 11) is 0. The van der Waals surface area contributed by atoms with E-state index >= 15 is 0 Å². The molecule has 0 aliphatic heterocycles. The van der Waals surface area contributed by atoms with E-state index in [4.69, 9.17) is 33.7 Å². The van der Waals surface area contributed by atoms with Crippen molar-refractivity contribution in [2.24, 2.45) is 5.73 Å². The first-order chi connectivity index (χ1) is 10.2. The van der Waals surface area contributed by atoms with Crippen LogP contribution >= 0.6 is 23.2 Å². The fraction of sp³-hybridized carbons (Fsp3) is 0.0625. The van der Waals surface area contributed by atoms with Crippen molar-refractivity contribution in [3.8, 4) is 11.5 Å². The van der Waals surface area contributed by atoms with Crippen molar-refractivity contribution < 1.29 is 4.74 Å². The van der Waals surface area contributed by atoms with Crippen LogP contribution in [0.15, 0.2) is 48.7 Å². The first-order valence-electron chi connectivity index (χ1n) is 6.38. The minimum Gasteiger partial charge on any atom is -0.455 e. The van der Waals surface area contributed by atoms with Gasteiger partial charge in [-0.05, 0) is 30.3 Å². The lowest BCUT2D eigenvalue weighted by Gasteiger charge is -2.13. The Bertz CT molecular complexity index is 805. The summed E-state index contributed by atoms with van der Waals surface area (Å²) in [6.07, 6.45) is 1.72. The average molecular weight is 319 g/mol. The highest BCUT2D eigenvalue weighted by Gasteiger charge is 2.12. The van der Waals surface area contributed by atoms with Crippen LogP contribution in [0, 0.1) is 0 Å². The highest BCUT2D eigenvalue weighted by Crippen LogP contribution is 2.36. The minimum atomic E-state index is 0.332. The smallest absolute Gasteiger partial charge is 0.146 e. The number of rotatable bonds is 3. The molecule has 0 spiro atoms. The van der Waals surface area contributed by atoms with Crippen LogP contribution in [-0.4, -0.2) is 4.98 Å². The number of nitrogens with two attached hydrogens (primary N) is 1. The second kappa shape index (κ2) is 5.90. The number of nitrogens with zero attached hydrogens (tertiary/aromatic N) is 1. The second-order valence-electron chi connectivity index (χ2n) is 4.51. The van der Waals surface area contributed by atoms with E-state index in [0.717, 1.165) is 16.5 Å². The predicted molar refractivity (Wildman–Crippen MR) is 86.2 cm³/mol. The van der Waals surface area contributed by atoms with Crippen molar-refractivity contribution in [2.75, 3.05) is 0 Å². The molecule has 3 rings (SSSR count). The first kappa shape index (κ1) is 14.1. The van der Waals surface area contributed by atoms with E-state index in [1.54, 1.807) is 24.4 Å². The standard InChI is InChI=1S/C16H12Cl2N2O/c17-11-5-6-15(13(18)7-11)21-16-10(8-19)9-20-14-4-2-1-3-12(14)16/h1-7,9H,8,19H2. The number of fused-ring (bicyclic) bond motifs is 1. The summed E-state index contributed by atoms with van der Waals surface area (Å²) in [6.45, 7) is 0.332. The molecule has 0 radical (unpaired) electrons. The maximum Gasteiger partial charge on any atom is 0.146 e. The third-order valence-corrected chi connectivity index (χ3v) is 3.66. The quantitative estimate of drug-likeness (QED) is 0.755. The summed E-state index contributed by atoms with van der Waals surface area (Å²) >= 11 is 12.1. The molecule has 0 saturated carbocycles. The topological polar surface area (TPSA) is 48.1 Å². The largest absolute Gasteiger partial charge is 0.455 e. The van der Waals surface area contributed by atoms with Gasteiger partial charge < -0.3 is 10.5 Å². The van der Waals surface area contributed by atoms with Crippen molar-refractivity contribution >= 4 is 34.1 Å². The molecule has 0 bridgehead atoms. The Kier molecular flexibility index (Phi) is 3.97. The van der Waals surface area contributed by atoms with Gasteiger partial charge in [0, 0.05) is 28.7 Å². The van der Waals surface area contributed by atoms with Crippen LogP contribution in [-0.2, 0) is 6.54 Å². The number of para-hydroxylation sites is 1. The van der Waals surface area contributed by atoms with Crippen molar-refractivity contribution in [1.82, 2.24) is 4.98 Å². The fourth-order valence-corrected chi connectivity index (χ4v) is 2.54. The van der Waals surface area contributed by atoms with Gasteiger partial charge in [0.05, 0.1) is 10.5 Å². The number of aromatic nitrogens is 1. The summed E-state index contributed by atoms with van der Waals surface area (Å²) in [4.78, 5) is 4.38. The van der Waals surface area contributed by atoms with E-state index in [-0.39, 0.29) is 0 Å². The molecule has 5 heteroatoms. The minimum absolute atomic E-state index is 0.332. The molecular weight excluding hydrogens is 307 g/mol. The number of ether oxygens (including phenoxy) is 1. The Morgan fingerprint density at radius 1 is 1.10 bits per heavy atom. The molecule has 0 aliphatic rings. The summed E-state index contributed by atoms with van der Waals surface area (Å²) in [5.41, 5.74) is 7.44. The fourth-order valence-electron chi connectivity index (χ4n) is 2.09. The SMILES string of the molecule is NCc1cnc2ccccc2c1Oc1ccc(Cl)cc1Cl. The Morgan fingerprint density at radius 3 is 2.67 bits per heavy atom. The number of hydrogen-bond donors (Lipinski definition) is 1. The van der Waals surface area contributed by atoms with Crippen LogP contribution in [0.3, 0.4) is 0 Å². The van der Waals surface area contributed by atoms with Crippen molar-refractivity contribution in [2.45, 2.75) is 6.54 Å². The van der Waals surface area contributed by atoms with Crippen molar-refractivity contribution in [3.05, 3.63) is 64.3 Å². The van der Waals surface area contributed by atoms with E-state index in [2.05, 4.69) is 4.98 Å². The van der Waals surface area contributed by atoms with Gasteiger partial charge in [0.2, 0.25) is 0 Å². The van der Waals surface area contributed by atoms with Gasteiger partial charge in [-0.25, -0.2) is 0 Å². The molecule has 0 aliphatic carbocycles. The summed E-state index contributed by atoms with van der Waals surface area (Å²) in [6, 6.07) is 12.8. The van der Waals surface area contributed by atoms with E-state index in [0.29, 0.717) is 28.1 Å². The summed E-state index contributed by atoms with van der Waals surface area (Å²) < 4.78 is 5.99. The van der Waals surface area contributed by atoms with Gasteiger partial charge in [0.1, 0.15) is 11.5 Å². The van der Waals surface area contributed by atoms with E-state index < -0.39 is 0 Å². The molecule has 3 nitrogen and oxygen atoms in total. The molecule has 1 aromatic heterocycles. The van der Waals surface area contributed by atoms with Crippen LogP contribution in [0.1, 0.15) is 5.56 Å². The molecule has 0 amide bonds. The van der Waals surface area contributed by atoms with Crippen molar-refractivity contribution in [1.29, 1.82) is 0 Å².